The third kappa shape index (κ3) is 3.79. The second-order valence-electron chi connectivity index (χ2n) is 6.82. The predicted octanol–water partition coefficient (Wildman–Crippen LogP) is 0.591. The molecule has 0 bridgehead atoms. The first-order chi connectivity index (χ1) is 8.99. The third-order valence-corrected chi connectivity index (χ3v) is 8.60. The minimum atomic E-state index is -2.10. The summed E-state index contributed by atoms with van der Waals surface area (Å²) >= 11 is 0. The molecular formula is C13H27NO5Si. The van der Waals surface area contributed by atoms with Crippen molar-refractivity contribution < 1.29 is 24.2 Å². The van der Waals surface area contributed by atoms with Gasteiger partial charge in [-0.3, -0.25) is 4.79 Å². The van der Waals surface area contributed by atoms with E-state index in [2.05, 4.69) is 39.2 Å². The molecule has 1 unspecified atom stereocenters. The first kappa shape index (κ1) is 17.6. The lowest BCUT2D eigenvalue weighted by molar-refractivity contribution is -0.127. The zero-order valence-electron chi connectivity index (χ0n) is 13.1. The van der Waals surface area contributed by atoms with Gasteiger partial charge < -0.3 is 24.7 Å². The zero-order valence-corrected chi connectivity index (χ0v) is 14.1. The molecule has 6 nitrogen and oxygen atoms in total. The fourth-order valence-electron chi connectivity index (χ4n) is 1.94. The smallest absolute Gasteiger partial charge is 0.217 e. The molecule has 1 saturated heterocycles. The van der Waals surface area contributed by atoms with Crippen molar-refractivity contribution in [1.29, 1.82) is 0 Å². The van der Waals surface area contributed by atoms with Gasteiger partial charge in [0.2, 0.25) is 5.91 Å². The normalized spacial score (nSPS) is 31.4. The Hall–Kier alpha value is -0.473. The summed E-state index contributed by atoms with van der Waals surface area (Å²) in [6.07, 6.45) is -2.33. The molecule has 1 aliphatic rings. The van der Waals surface area contributed by atoms with Crippen molar-refractivity contribution in [1.82, 2.24) is 5.32 Å². The van der Waals surface area contributed by atoms with Crippen molar-refractivity contribution in [2.45, 2.75) is 70.4 Å². The fraction of sp³-hybridized carbons (Fsp3) is 0.923. The Labute approximate surface area is 121 Å². The molecule has 1 fully saturated rings. The standard InChI is InChI=1S/C13H27NO5Si/c1-8(16)14-10-11(9(7-15)18-12(10)17)19-20(5,6)13(2,3)4/h9-12,15,17H,7H2,1-6H3,(H,14,16)/t9-,10?,11+,12-/m1/s1. The summed E-state index contributed by atoms with van der Waals surface area (Å²) in [4.78, 5) is 11.3. The van der Waals surface area contributed by atoms with Crippen LogP contribution >= 0.6 is 0 Å². The van der Waals surface area contributed by atoms with Crippen LogP contribution in [0.1, 0.15) is 27.7 Å². The quantitative estimate of drug-likeness (QED) is 0.662. The summed E-state index contributed by atoms with van der Waals surface area (Å²) in [5.74, 6) is -0.264. The second-order valence-corrected chi connectivity index (χ2v) is 11.6. The summed E-state index contributed by atoms with van der Waals surface area (Å²) in [5.41, 5.74) is 0. The summed E-state index contributed by atoms with van der Waals surface area (Å²) in [5, 5.41) is 21.9. The Morgan fingerprint density at radius 2 is 1.95 bits per heavy atom. The van der Waals surface area contributed by atoms with Gasteiger partial charge in [-0.1, -0.05) is 20.8 Å². The van der Waals surface area contributed by atoms with Crippen molar-refractivity contribution in [2.75, 3.05) is 6.61 Å². The van der Waals surface area contributed by atoms with Crippen LogP contribution in [0.25, 0.3) is 0 Å². The van der Waals surface area contributed by atoms with Crippen molar-refractivity contribution in [3.8, 4) is 0 Å². The van der Waals surface area contributed by atoms with Crippen LogP contribution in [0.3, 0.4) is 0 Å². The predicted molar refractivity (Wildman–Crippen MR) is 77.6 cm³/mol. The number of aliphatic hydroxyl groups is 2. The number of aliphatic hydroxyl groups excluding tert-OH is 2. The Bertz CT molecular complexity index is 355. The van der Waals surface area contributed by atoms with E-state index in [1.54, 1.807) is 0 Å². The molecule has 0 radical (unpaired) electrons. The van der Waals surface area contributed by atoms with Crippen molar-refractivity contribution in [2.24, 2.45) is 0 Å². The molecular weight excluding hydrogens is 278 g/mol. The third-order valence-electron chi connectivity index (χ3n) is 4.13. The van der Waals surface area contributed by atoms with Gasteiger partial charge in [-0.15, -0.1) is 0 Å². The van der Waals surface area contributed by atoms with Gasteiger partial charge in [0.15, 0.2) is 14.6 Å². The van der Waals surface area contributed by atoms with Crippen LogP contribution in [-0.4, -0.2) is 55.6 Å². The maximum absolute atomic E-state index is 11.3. The van der Waals surface area contributed by atoms with Gasteiger partial charge in [0.05, 0.1) is 12.7 Å². The Morgan fingerprint density at radius 1 is 1.40 bits per heavy atom. The van der Waals surface area contributed by atoms with Crippen LogP contribution in [0.15, 0.2) is 0 Å². The number of rotatable bonds is 4. The van der Waals surface area contributed by atoms with E-state index in [-0.39, 0.29) is 17.6 Å². The van der Waals surface area contributed by atoms with Gasteiger partial charge in [-0.05, 0) is 18.1 Å². The first-order valence-corrected chi connectivity index (χ1v) is 9.79. The number of carbonyl (C=O) groups is 1. The number of ether oxygens (including phenoxy) is 1. The van der Waals surface area contributed by atoms with Gasteiger partial charge in [0.25, 0.3) is 0 Å². The molecule has 0 spiro atoms. The molecule has 118 valence electrons. The fourth-order valence-corrected chi connectivity index (χ4v) is 3.27. The highest BCUT2D eigenvalue weighted by atomic mass is 28.4. The minimum absolute atomic E-state index is 0.0126. The van der Waals surface area contributed by atoms with Crippen molar-refractivity contribution in [3.63, 3.8) is 0 Å². The SMILES string of the molecule is CC(=O)NC1[C@H](O)O[C@H](CO)[C@@H]1O[Si](C)(C)C(C)(C)C. The van der Waals surface area contributed by atoms with E-state index in [1.807, 2.05) is 0 Å². The van der Waals surface area contributed by atoms with E-state index < -0.39 is 32.9 Å². The molecule has 0 aromatic heterocycles. The lowest BCUT2D eigenvalue weighted by Crippen LogP contribution is -2.54. The van der Waals surface area contributed by atoms with Crippen molar-refractivity contribution >= 4 is 14.2 Å². The average Bonchev–Trinajstić information content (AvgIpc) is 2.54. The van der Waals surface area contributed by atoms with Gasteiger partial charge >= 0.3 is 0 Å². The Morgan fingerprint density at radius 3 is 2.35 bits per heavy atom. The van der Waals surface area contributed by atoms with Gasteiger partial charge in [0.1, 0.15) is 12.1 Å². The molecule has 0 aromatic rings. The maximum Gasteiger partial charge on any atom is 0.217 e. The first-order valence-electron chi connectivity index (χ1n) is 6.89. The van der Waals surface area contributed by atoms with Crippen LogP contribution in [0.2, 0.25) is 18.1 Å². The molecule has 0 aromatic carbocycles. The number of nitrogens with one attached hydrogen (secondary N) is 1. The van der Waals surface area contributed by atoms with E-state index in [0.717, 1.165) is 0 Å². The molecule has 1 heterocycles. The van der Waals surface area contributed by atoms with Crippen LogP contribution in [0.4, 0.5) is 0 Å². The Balaban J connectivity index is 2.94. The van der Waals surface area contributed by atoms with E-state index in [9.17, 15) is 15.0 Å². The molecule has 20 heavy (non-hydrogen) atoms. The maximum atomic E-state index is 11.3. The highest BCUT2D eigenvalue weighted by molar-refractivity contribution is 6.74. The van der Waals surface area contributed by atoms with Crippen LogP contribution in [-0.2, 0) is 14.0 Å². The number of hydrogen-bond donors (Lipinski definition) is 3. The second kappa shape index (κ2) is 6.11. The number of hydrogen-bond acceptors (Lipinski definition) is 5. The van der Waals surface area contributed by atoms with Gasteiger partial charge in [-0.2, -0.15) is 0 Å². The van der Waals surface area contributed by atoms with Crippen LogP contribution in [0, 0.1) is 0 Å². The highest BCUT2D eigenvalue weighted by Crippen LogP contribution is 2.39. The van der Waals surface area contributed by atoms with E-state index >= 15 is 0 Å². The van der Waals surface area contributed by atoms with Gasteiger partial charge in [-0.25, -0.2) is 0 Å². The molecule has 4 atom stereocenters. The van der Waals surface area contributed by atoms with Crippen LogP contribution in [0.5, 0.6) is 0 Å². The summed E-state index contributed by atoms with van der Waals surface area (Å²) < 4.78 is 11.5. The zero-order chi connectivity index (χ0) is 15.7. The highest BCUT2D eigenvalue weighted by Gasteiger charge is 2.49. The van der Waals surface area contributed by atoms with Crippen molar-refractivity contribution in [3.05, 3.63) is 0 Å². The van der Waals surface area contributed by atoms with Crippen LogP contribution < -0.4 is 5.32 Å². The minimum Gasteiger partial charge on any atom is -0.409 e. The van der Waals surface area contributed by atoms with Gasteiger partial charge in [0, 0.05) is 6.92 Å². The molecule has 3 N–H and O–H groups in total. The van der Waals surface area contributed by atoms with E-state index in [4.69, 9.17) is 9.16 Å². The van der Waals surface area contributed by atoms with E-state index in [0.29, 0.717) is 0 Å². The monoisotopic (exact) mass is 305 g/mol. The molecule has 1 amide bonds. The summed E-state index contributed by atoms with van der Waals surface area (Å²) in [7, 11) is -2.10. The number of carbonyl (C=O) groups excluding carboxylic acids is 1. The average molecular weight is 305 g/mol. The Kier molecular flexibility index (Phi) is 5.37. The molecule has 0 aliphatic carbocycles. The summed E-state index contributed by atoms with van der Waals surface area (Å²) in [6, 6.07) is -0.654. The largest absolute Gasteiger partial charge is 0.409 e. The molecule has 0 saturated carbocycles. The molecule has 1 aliphatic heterocycles. The summed E-state index contributed by atoms with van der Waals surface area (Å²) in [6.45, 7) is 11.6. The molecule has 7 heteroatoms. The van der Waals surface area contributed by atoms with E-state index in [1.165, 1.54) is 6.92 Å². The lowest BCUT2D eigenvalue weighted by atomic mass is 10.1. The lowest BCUT2D eigenvalue weighted by Gasteiger charge is -2.40. The topological polar surface area (TPSA) is 88.0 Å². The number of amides is 1. The molecule has 1 rings (SSSR count).